The van der Waals surface area contributed by atoms with Crippen LogP contribution in [0.5, 0.6) is 11.5 Å². The van der Waals surface area contributed by atoms with Crippen LogP contribution in [-0.2, 0) is 17.6 Å². The molecule has 2 aliphatic heterocycles. The van der Waals surface area contributed by atoms with Gasteiger partial charge >= 0.3 is 5.97 Å². The third kappa shape index (κ3) is 1.77. The van der Waals surface area contributed by atoms with Crippen molar-refractivity contribution in [3.63, 3.8) is 0 Å². The van der Waals surface area contributed by atoms with Crippen LogP contribution in [0.2, 0.25) is 0 Å². The zero-order chi connectivity index (χ0) is 14.6. The van der Waals surface area contributed by atoms with Gasteiger partial charge in [-0.05, 0) is 26.3 Å². The maximum absolute atomic E-state index is 11.3. The second-order valence-electron chi connectivity index (χ2n) is 5.74. The first-order chi connectivity index (χ1) is 9.40. The number of carboxylic acids is 1. The summed E-state index contributed by atoms with van der Waals surface area (Å²) in [6.07, 6.45) is 1.54. The quantitative estimate of drug-likeness (QED) is 0.860. The second kappa shape index (κ2) is 4.38. The summed E-state index contributed by atoms with van der Waals surface area (Å²) in [5.41, 5.74) is 9.49. The molecule has 2 heterocycles. The van der Waals surface area contributed by atoms with Crippen molar-refractivity contribution in [1.29, 1.82) is 0 Å². The molecule has 0 radical (unpaired) electrons. The molecule has 20 heavy (non-hydrogen) atoms. The van der Waals surface area contributed by atoms with Crippen molar-refractivity contribution in [2.24, 2.45) is 5.73 Å². The van der Waals surface area contributed by atoms with Gasteiger partial charge in [-0.15, -0.1) is 0 Å². The van der Waals surface area contributed by atoms with Gasteiger partial charge in [-0.1, -0.05) is 0 Å². The molecule has 3 N–H and O–H groups in total. The molecule has 0 amide bonds. The number of nitrogens with two attached hydrogens (primary N) is 1. The minimum atomic E-state index is -1.07. The molecule has 0 aliphatic carbocycles. The standard InChI is InChI=1S/C15H19NO4/c1-6-4-9-8(3)13-10(5-7(2)19-13)11(14(9)20-6)12(16)15(17)18/h6-7,12H,4-5,16H2,1-3H3,(H,17,18). The van der Waals surface area contributed by atoms with Gasteiger partial charge in [0.25, 0.3) is 0 Å². The van der Waals surface area contributed by atoms with Crippen LogP contribution in [0.3, 0.4) is 0 Å². The van der Waals surface area contributed by atoms with E-state index in [0.717, 1.165) is 28.9 Å². The number of carboxylic acid groups (broad SMARTS) is 1. The van der Waals surface area contributed by atoms with Crippen LogP contribution in [0, 0.1) is 6.92 Å². The van der Waals surface area contributed by atoms with Crippen LogP contribution in [0.4, 0.5) is 0 Å². The van der Waals surface area contributed by atoms with Gasteiger partial charge in [-0.3, -0.25) is 4.79 Å². The molecule has 0 aromatic heterocycles. The first-order valence-corrected chi connectivity index (χ1v) is 6.90. The lowest BCUT2D eigenvalue weighted by molar-refractivity contribution is -0.138. The number of ether oxygens (including phenoxy) is 2. The summed E-state index contributed by atoms with van der Waals surface area (Å²) in [7, 11) is 0. The van der Waals surface area contributed by atoms with Crippen LogP contribution < -0.4 is 15.2 Å². The number of rotatable bonds is 2. The van der Waals surface area contributed by atoms with Gasteiger partial charge in [-0.2, -0.15) is 0 Å². The van der Waals surface area contributed by atoms with Gasteiger partial charge in [0.2, 0.25) is 0 Å². The zero-order valence-corrected chi connectivity index (χ0v) is 11.9. The van der Waals surface area contributed by atoms with E-state index in [0.29, 0.717) is 17.7 Å². The normalized spacial score (nSPS) is 24.6. The number of aliphatic carboxylic acids is 1. The molecule has 5 nitrogen and oxygen atoms in total. The Morgan fingerprint density at radius 2 is 1.75 bits per heavy atom. The second-order valence-corrected chi connectivity index (χ2v) is 5.74. The largest absolute Gasteiger partial charge is 0.490 e. The Bertz CT molecular complexity index is 557. The summed E-state index contributed by atoms with van der Waals surface area (Å²) in [5.74, 6) is 0.433. The Labute approximate surface area is 117 Å². The van der Waals surface area contributed by atoms with Crippen molar-refractivity contribution in [1.82, 2.24) is 0 Å². The highest BCUT2D eigenvalue weighted by atomic mass is 16.5. The molecule has 0 spiro atoms. The summed E-state index contributed by atoms with van der Waals surface area (Å²) >= 11 is 0. The zero-order valence-electron chi connectivity index (χ0n) is 11.9. The fraction of sp³-hybridized carbons (Fsp3) is 0.533. The highest BCUT2D eigenvalue weighted by molar-refractivity contribution is 5.79. The fourth-order valence-electron chi connectivity index (χ4n) is 3.21. The van der Waals surface area contributed by atoms with Crippen molar-refractivity contribution in [2.45, 2.75) is 51.9 Å². The Kier molecular flexibility index (Phi) is 2.90. The minimum absolute atomic E-state index is 0.0448. The van der Waals surface area contributed by atoms with E-state index in [1.54, 1.807) is 0 Å². The maximum Gasteiger partial charge on any atom is 0.325 e. The Morgan fingerprint density at radius 3 is 2.35 bits per heavy atom. The van der Waals surface area contributed by atoms with Crippen molar-refractivity contribution in [3.05, 3.63) is 22.3 Å². The molecular formula is C15H19NO4. The third-order valence-electron chi connectivity index (χ3n) is 4.11. The van der Waals surface area contributed by atoms with Crippen molar-refractivity contribution in [3.8, 4) is 11.5 Å². The lowest BCUT2D eigenvalue weighted by atomic mass is 9.90. The molecule has 0 bridgehead atoms. The smallest absolute Gasteiger partial charge is 0.325 e. The van der Waals surface area contributed by atoms with Gasteiger partial charge in [0.1, 0.15) is 29.7 Å². The summed E-state index contributed by atoms with van der Waals surface area (Å²) in [5, 5.41) is 9.28. The lowest BCUT2D eigenvalue weighted by Gasteiger charge is -2.18. The number of hydrogen-bond acceptors (Lipinski definition) is 4. The fourth-order valence-corrected chi connectivity index (χ4v) is 3.21. The molecule has 0 saturated heterocycles. The van der Waals surface area contributed by atoms with Crippen LogP contribution in [0.15, 0.2) is 0 Å². The van der Waals surface area contributed by atoms with E-state index in [9.17, 15) is 9.90 Å². The summed E-state index contributed by atoms with van der Waals surface area (Å²) in [6.45, 7) is 5.96. The maximum atomic E-state index is 11.3. The molecule has 0 saturated carbocycles. The predicted octanol–water partition coefficient (Wildman–Crippen LogP) is 1.73. The van der Waals surface area contributed by atoms with Crippen LogP contribution in [-0.4, -0.2) is 23.3 Å². The highest BCUT2D eigenvalue weighted by Gasteiger charge is 2.37. The molecule has 3 unspecified atom stereocenters. The molecule has 5 heteroatoms. The van der Waals surface area contributed by atoms with Crippen molar-refractivity contribution in [2.75, 3.05) is 0 Å². The van der Waals surface area contributed by atoms with Crippen molar-refractivity contribution >= 4 is 5.97 Å². The summed E-state index contributed by atoms with van der Waals surface area (Å²) in [4.78, 5) is 11.3. The molecule has 2 aliphatic rings. The number of benzene rings is 1. The summed E-state index contributed by atoms with van der Waals surface area (Å²) in [6, 6.07) is -1.07. The van der Waals surface area contributed by atoms with E-state index in [1.807, 2.05) is 20.8 Å². The van der Waals surface area contributed by atoms with Crippen LogP contribution in [0.1, 0.15) is 42.1 Å². The molecule has 108 valence electrons. The van der Waals surface area contributed by atoms with E-state index in [4.69, 9.17) is 15.2 Å². The third-order valence-corrected chi connectivity index (χ3v) is 4.11. The molecule has 0 fully saturated rings. The van der Waals surface area contributed by atoms with E-state index in [2.05, 4.69) is 0 Å². The van der Waals surface area contributed by atoms with E-state index < -0.39 is 12.0 Å². The van der Waals surface area contributed by atoms with Gasteiger partial charge in [0.15, 0.2) is 0 Å². The molecule has 1 aromatic carbocycles. The average Bonchev–Trinajstić information content (AvgIpc) is 2.92. The lowest BCUT2D eigenvalue weighted by Crippen LogP contribution is -2.23. The van der Waals surface area contributed by atoms with Crippen molar-refractivity contribution < 1.29 is 19.4 Å². The monoisotopic (exact) mass is 277 g/mol. The SMILES string of the molecule is Cc1c2c(c(C(N)C(=O)O)c3c1OC(C)C3)OC(C)C2. The predicted molar refractivity (Wildman–Crippen MR) is 73.3 cm³/mol. The van der Waals surface area contributed by atoms with Gasteiger partial charge in [0, 0.05) is 29.5 Å². The number of hydrogen-bond donors (Lipinski definition) is 2. The van der Waals surface area contributed by atoms with Crippen LogP contribution in [0.25, 0.3) is 0 Å². The first-order valence-electron chi connectivity index (χ1n) is 6.90. The van der Waals surface area contributed by atoms with Crippen LogP contribution >= 0.6 is 0 Å². The van der Waals surface area contributed by atoms with E-state index in [1.165, 1.54) is 0 Å². The first kappa shape index (κ1) is 13.2. The average molecular weight is 277 g/mol. The Balaban J connectivity index is 2.25. The topological polar surface area (TPSA) is 81.8 Å². The minimum Gasteiger partial charge on any atom is -0.490 e. The van der Waals surface area contributed by atoms with Gasteiger partial charge in [0.05, 0.1) is 0 Å². The van der Waals surface area contributed by atoms with E-state index in [-0.39, 0.29) is 12.2 Å². The molecular weight excluding hydrogens is 258 g/mol. The number of fused-ring (bicyclic) bond motifs is 2. The Hall–Kier alpha value is -1.75. The summed E-state index contributed by atoms with van der Waals surface area (Å²) < 4.78 is 11.7. The highest BCUT2D eigenvalue weighted by Crippen LogP contribution is 2.48. The Morgan fingerprint density at radius 1 is 1.20 bits per heavy atom. The van der Waals surface area contributed by atoms with Gasteiger partial charge < -0.3 is 20.3 Å². The van der Waals surface area contributed by atoms with E-state index >= 15 is 0 Å². The molecule has 1 aromatic rings. The number of carbonyl (C=O) groups is 1. The molecule has 3 atom stereocenters. The molecule has 3 rings (SSSR count). The van der Waals surface area contributed by atoms with Gasteiger partial charge in [-0.25, -0.2) is 0 Å².